The number of aromatic nitrogens is 1. The summed E-state index contributed by atoms with van der Waals surface area (Å²) >= 11 is 1.51. The molecule has 1 amide bonds. The molecule has 3 heterocycles. The summed E-state index contributed by atoms with van der Waals surface area (Å²) in [6.07, 6.45) is 2.48. The lowest BCUT2D eigenvalue weighted by molar-refractivity contribution is -0.929. The van der Waals surface area contributed by atoms with Crippen molar-refractivity contribution in [2.75, 3.05) is 22.7 Å². The number of thiazole rings is 1. The van der Waals surface area contributed by atoms with Gasteiger partial charge in [-0.15, -0.1) is 0 Å². The smallest absolute Gasteiger partial charge is 0.264 e. The van der Waals surface area contributed by atoms with Gasteiger partial charge in [0.2, 0.25) is 0 Å². The van der Waals surface area contributed by atoms with E-state index in [0.717, 1.165) is 50.2 Å². The number of hydrogen-bond donors (Lipinski definition) is 2. The van der Waals surface area contributed by atoms with Crippen LogP contribution < -0.4 is 14.5 Å². The third-order valence-electron chi connectivity index (χ3n) is 7.17. The molecule has 0 fully saturated rings. The summed E-state index contributed by atoms with van der Waals surface area (Å²) in [5, 5.41) is 3.46. The highest BCUT2D eigenvalue weighted by atomic mass is 32.2. The van der Waals surface area contributed by atoms with Gasteiger partial charge in [0, 0.05) is 24.1 Å². The molecular weight excluding hydrogens is 516 g/mol. The molecule has 0 bridgehead atoms. The van der Waals surface area contributed by atoms with Gasteiger partial charge in [-0.1, -0.05) is 65.9 Å². The van der Waals surface area contributed by atoms with Crippen LogP contribution in [0.2, 0.25) is 0 Å². The highest BCUT2D eigenvalue weighted by Crippen LogP contribution is 2.32. The highest BCUT2D eigenvalue weighted by molar-refractivity contribution is 7.92. The van der Waals surface area contributed by atoms with Gasteiger partial charge in [-0.05, 0) is 42.7 Å². The number of sulfonamides is 1. The summed E-state index contributed by atoms with van der Waals surface area (Å²) in [5.41, 5.74) is 4.38. The van der Waals surface area contributed by atoms with Crippen LogP contribution in [0, 0.1) is 0 Å². The normalized spacial score (nSPS) is 16.9. The predicted octanol–water partition coefficient (Wildman–Crippen LogP) is 3.68. The fourth-order valence-corrected chi connectivity index (χ4v) is 7.92. The van der Waals surface area contributed by atoms with Crippen LogP contribution in [-0.4, -0.2) is 32.4 Å². The molecule has 1 unspecified atom stereocenters. The minimum absolute atomic E-state index is 0.112. The number of carbonyl (C=O) groups excluding carboxylic acids is 1. The van der Waals surface area contributed by atoms with Gasteiger partial charge in [-0.3, -0.25) is 14.4 Å². The summed E-state index contributed by atoms with van der Waals surface area (Å²) in [5.74, 6) is -0.360. The lowest BCUT2D eigenvalue weighted by Gasteiger charge is -2.30. The van der Waals surface area contributed by atoms with Crippen LogP contribution in [0.1, 0.15) is 38.5 Å². The van der Waals surface area contributed by atoms with Crippen LogP contribution in [0.15, 0.2) is 83.8 Å². The van der Waals surface area contributed by atoms with E-state index in [1.807, 2.05) is 30.3 Å². The number of anilines is 2. The van der Waals surface area contributed by atoms with Crippen LogP contribution in [0.4, 0.5) is 10.8 Å². The number of fused-ring (bicyclic) bond motifs is 2. The largest absolute Gasteiger partial charge is 0.326 e. The van der Waals surface area contributed by atoms with Crippen molar-refractivity contribution in [3.8, 4) is 0 Å². The SMILES string of the molecule is O=C(Nc1nc2c(s1)C[NH+](Cc1ccccc1)CC2)c1cccc(S(=O)(=O)N2CCCc3ccccc32)c1. The highest BCUT2D eigenvalue weighted by Gasteiger charge is 2.30. The zero-order chi connectivity index (χ0) is 26.1. The first kappa shape index (κ1) is 24.8. The molecule has 0 spiro atoms. The molecule has 4 aromatic rings. The molecule has 6 rings (SSSR count). The second kappa shape index (κ2) is 10.3. The first-order chi connectivity index (χ1) is 18.5. The van der Waals surface area contributed by atoms with Crippen LogP contribution in [0.25, 0.3) is 0 Å². The zero-order valence-electron chi connectivity index (χ0n) is 20.9. The van der Waals surface area contributed by atoms with Crippen LogP contribution in [-0.2, 0) is 36.0 Å². The Morgan fingerprint density at radius 2 is 1.82 bits per heavy atom. The number of rotatable bonds is 6. The van der Waals surface area contributed by atoms with Crippen molar-refractivity contribution in [3.63, 3.8) is 0 Å². The molecule has 7 nitrogen and oxygen atoms in total. The number of para-hydroxylation sites is 1. The number of aryl methyl sites for hydroxylation is 1. The Bertz CT molecular complexity index is 1580. The standard InChI is InChI=1S/C29H28N4O3S2/c34-28(31-29-30-25-15-17-32(20-27(25)37-29)19-21-8-2-1-3-9-21)23-11-6-13-24(18-23)38(35,36)33-16-7-12-22-10-4-5-14-26(22)33/h1-6,8-11,13-14,18H,7,12,15-17,19-20H2,(H,30,31,34)/p+1. The molecular formula is C29H29N4O3S2+. The summed E-state index contributed by atoms with van der Waals surface area (Å²) in [7, 11) is -3.80. The van der Waals surface area contributed by atoms with Gasteiger partial charge < -0.3 is 4.90 Å². The average Bonchev–Trinajstić information content (AvgIpc) is 3.35. The van der Waals surface area contributed by atoms with Crippen LogP contribution in [0.3, 0.4) is 0 Å². The summed E-state index contributed by atoms with van der Waals surface area (Å²) in [4.78, 5) is 20.6. The predicted molar refractivity (Wildman–Crippen MR) is 149 cm³/mol. The van der Waals surface area contributed by atoms with Crippen LogP contribution in [0.5, 0.6) is 0 Å². The summed E-state index contributed by atoms with van der Waals surface area (Å²) in [6.45, 7) is 3.26. The van der Waals surface area contributed by atoms with Gasteiger partial charge >= 0.3 is 0 Å². The Labute approximate surface area is 226 Å². The van der Waals surface area contributed by atoms with Crippen molar-refractivity contribution < 1.29 is 18.1 Å². The number of carbonyl (C=O) groups is 1. The quantitative estimate of drug-likeness (QED) is 0.387. The van der Waals surface area contributed by atoms with E-state index in [1.54, 1.807) is 18.2 Å². The maximum Gasteiger partial charge on any atom is 0.264 e. The molecule has 1 atom stereocenters. The van der Waals surface area contributed by atoms with E-state index in [-0.39, 0.29) is 10.8 Å². The van der Waals surface area contributed by atoms with Gasteiger partial charge in [0.25, 0.3) is 15.9 Å². The van der Waals surface area contributed by atoms with E-state index in [0.29, 0.717) is 22.9 Å². The number of quaternary nitrogens is 1. The molecule has 0 saturated carbocycles. The molecule has 194 valence electrons. The van der Waals surface area contributed by atoms with Crippen molar-refractivity contribution in [2.24, 2.45) is 0 Å². The second-order valence-electron chi connectivity index (χ2n) is 9.77. The van der Waals surface area contributed by atoms with E-state index in [2.05, 4.69) is 34.6 Å². The first-order valence-electron chi connectivity index (χ1n) is 12.9. The van der Waals surface area contributed by atoms with E-state index >= 15 is 0 Å². The zero-order valence-corrected chi connectivity index (χ0v) is 22.5. The van der Waals surface area contributed by atoms with E-state index < -0.39 is 10.0 Å². The average molecular weight is 546 g/mol. The maximum absolute atomic E-state index is 13.6. The van der Waals surface area contributed by atoms with E-state index in [1.165, 1.54) is 37.0 Å². The topological polar surface area (TPSA) is 83.8 Å². The van der Waals surface area contributed by atoms with Crippen molar-refractivity contribution >= 4 is 38.1 Å². The Hall–Kier alpha value is -3.53. The van der Waals surface area contributed by atoms with Crippen molar-refractivity contribution in [1.29, 1.82) is 0 Å². The Kier molecular flexibility index (Phi) is 6.73. The first-order valence-corrected chi connectivity index (χ1v) is 15.1. The molecule has 0 radical (unpaired) electrons. The summed E-state index contributed by atoms with van der Waals surface area (Å²) < 4.78 is 28.6. The maximum atomic E-state index is 13.6. The fourth-order valence-electron chi connectivity index (χ4n) is 5.26. The molecule has 2 N–H and O–H groups in total. The van der Waals surface area contributed by atoms with Gasteiger partial charge in [0.05, 0.1) is 27.7 Å². The second-order valence-corrected chi connectivity index (χ2v) is 12.7. The minimum atomic E-state index is -3.80. The Morgan fingerprint density at radius 1 is 1.00 bits per heavy atom. The number of nitrogens with one attached hydrogen (secondary N) is 2. The molecule has 9 heteroatoms. The fraction of sp³-hybridized carbons (Fsp3) is 0.241. The number of hydrogen-bond acceptors (Lipinski definition) is 5. The van der Waals surface area contributed by atoms with Gasteiger partial charge in [0.15, 0.2) is 5.13 Å². The molecule has 1 aromatic heterocycles. The molecule has 38 heavy (non-hydrogen) atoms. The monoisotopic (exact) mass is 545 g/mol. The Morgan fingerprint density at radius 3 is 2.68 bits per heavy atom. The molecule has 2 aliphatic rings. The lowest BCUT2D eigenvalue weighted by atomic mass is 10.0. The minimum Gasteiger partial charge on any atom is -0.326 e. The molecule has 0 saturated heterocycles. The van der Waals surface area contributed by atoms with Crippen molar-refractivity contribution in [1.82, 2.24) is 4.98 Å². The van der Waals surface area contributed by atoms with Gasteiger partial charge in [-0.2, -0.15) is 0 Å². The third kappa shape index (κ3) is 4.97. The number of benzene rings is 3. The molecule has 2 aliphatic heterocycles. The van der Waals surface area contributed by atoms with Crippen molar-refractivity contribution in [3.05, 3.63) is 106 Å². The lowest BCUT2D eigenvalue weighted by Crippen LogP contribution is -3.10. The third-order valence-corrected chi connectivity index (χ3v) is 10.00. The van der Waals surface area contributed by atoms with Crippen LogP contribution >= 0.6 is 11.3 Å². The number of nitrogens with zero attached hydrogens (tertiary/aromatic N) is 2. The van der Waals surface area contributed by atoms with Gasteiger partial charge in [0.1, 0.15) is 13.1 Å². The number of amides is 1. The van der Waals surface area contributed by atoms with Crippen molar-refractivity contribution in [2.45, 2.75) is 37.2 Å². The Balaban J connectivity index is 1.17. The van der Waals surface area contributed by atoms with E-state index in [9.17, 15) is 13.2 Å². The molecule has 3 aromatic carbocycles. The van der Waals surface area contributed by atoms with Gasteiger partial charge in [-0.25, -0.2) is 13.4 Å². The van der Waals surface area contributed by atoms with E-state index in [4.69, 9.17) is 0 Å². The summed E-state index contributed by atoms with van der Waals surface area (Å²) in [6, 6.07) is 24.3. The molecule has 0 aliphatic carbocycles.